The summed E-state index contributed by atoms with van der Waals surface area (Å²) >= 11 is 0. The van der Waals surface area contributed by atoms with Gasteiger partial charge in [-0.1, -0.05) is 13.8 Å². The lowest BCUT2D eigenvalue weighted by atomic mass is 10.1. The normalized spacial score (nSPS) is 27.9. The number of nitrogens with zero attached hydrogens (tertiary/aromatic N) is 2. The minimum Gasteiger partial charge on any atom is -0.312 e. The molecule has 0 aromatic heterocycles. The van der Waals surface area contributed by atoms with Crippen molar-refractivity contribution in [2.24, 2.45) is 11.8 Å². The Morgan fingerprint density at radius 2 is 1.70 bits per heavy atom. The maximum atomic E-state index is 3.89. The van der Waals surface area contributed by atoms with Crippen LogP contribution in [0.4, 0.5) is 0 Å². The molecule has 3 aliphatic rings. The molecule has 0 aromatic carbocycles. The molecular weight excluding hydrogens is 246 g/mol. The summed E-state index contributed by atoms with van der Waals surface area (Å²) in [5.41, 5.74) is 0. The van der Waals surface area contributed by atoms with Crippen molar-refractivity contribution in [3.63, 3.8) is 0 Å². The molecule has 1 aliphatic heterocycles. The molecule has 0 amide bonds. The van der Waals surface area contributed by atoms with Gasteiger partial charge in [0, 0.05) is 31.7 Å². The van der Waals surface area contributed by atoms with Crippen molar-refractivity contribution in [1.29, 1.82) is 0 Å². The van der Waals surface area contributed by atoms with Crippen LogP contribution >= 0.6 is 0 Å². The number of likely N-dealkylation sites (tertiary alicyclic amines) is 1. The molecule has 1 atom stereocenters. The van der Waals surface area contributed by atoms with E-state index in [2.05, 4.69) is 29.0 Å². The fourth-order valence-electron chi connectivity index (χ4n) is 4.07. The fraction of sp³-hybridized carbons (Fsp3) is 1.00. The zero-order chi connectivity index (χ0) is 13.9. The number of likely N-dealkylation sites (N-methyl/N-ethyl adjacent to an activating group) is 1. The van der Waals surface area contributed by atoms with Crippen molar-refractivity contribution >= 4 is 0 Å². The molecule has 0 radical (unpaired) electrons. The van der Waals surface area contributed by atoms with E-state index in [0.717, 1.165) is 23.9 Å². The lowest BCUT2D eigenvalue weighted by molar-refractivity contribution is 0.210. The van der Waals surface area contributed by atoms with Crippen LogP contribution in [0.3, 0.4) is 0 Å². The van der Waals surface area contributed by atoms with Crippen molar-refractivity contribution < 1.29 is 0 Å². The van der Waals surface area contributed by atoms with Crippen LogP contribution in [0.1, 0.15) is 46.0 Å². The summed E-state index contributed by atoms with van der Waals surface area (Å²) in [7, 11) is 0. The standard InChI is InChI=1S/C17H33N3/c1-3-20(4-2)16-9-11-19(13-16)12-10-18-17(14-5-6-14)15-7-8-15/h14-18H,3-13H2,1-2H3. The number of rotatable bonds is 9. The van der Waals surface area contributed by atoms with Crippen molar-refractivity contribution in [2.45, 2.75) is 58.0 Å². The van der Waals surface area contributed by atoms with Crippen LogP contribution in [-0.4, -0.2) is 61.2 Å². The maximum Gasteiger partial charge on any atom is 0.0235 e. The third-order valence-corrected chi connectivity index (χ3v) is 5.64. The van der Waals surface area contributed by atoms with Gasteiger partial charge >= 0.3 is 0 Å². The second kappa shape index (κ2) is 6.76. The second-order valence-corrected chi connectivity index (χ2v) is 7.12. The number of hydrogen-bond acceptors (Lipinski definition) is 3. The quantitative estimate of drug-likeness (QED) is 0.698. The molecule has 1 saturated heterocycles. The van der Waals surface area contributed by atoms with Crippen LogP contribution in [0.2, 0.25) is 0 Å². The van der Waals surface area contributed by atoms with Crippen LogP contribution in [0.25, 0.3) is 0 Å². The zero-order valence-electron chi connectivity index (χ0n) is 13.5. The predicted octanol–water partition coefficient (Wildman–Crippen LogP) is 2.18. The molecule has 3 fully saturated rings. The number of nitrogens with one attached hydrogen (secondary N) is 1. The van der Waals surface area contributed by atoms with Crippen molar-refractivity contribution in [1.82, 2.24) is 15.1 Å². The summed E-state index contributed by atoms with van der Waals surface area (Å²) < 4.78 is 0. The van der Waals surface area contributed by atoms with Gasteiger partial charge in [-0.15, -0.1) is 0 Å². The molecule has 3 nitrogen and oxygen atoms in total. The summed E-state index contributed by atoms with van der Waals surface area (Å²) in [4.78, 5) is 5.30. The van der Waals surface area contributed by atoms with E-state index in [-0.39, 0.29) is 0 Å². The van der Waals surface area contributed by atoms with Gasteiger partial charge in [-0.2, -0.15) is 0 Å². The Kier molecular flexibility index (Phi) is 5.00. The monoisotopic (exact) mass is 279 g/mol. The molecule has 2 saturated carbocycles. The minimum absolute atomic E-state index is 0.813. The highest BCUT2D eigenvalue weighted by molar-refractivity contribution is 4.96. The van der Waals surface area contributed by atoms with Crippen molar-refractivity contribution in [2.75, 3.05) is 39.3 Å². The van der Waals surface area contributed by atoms with E-state index in [0.29, 0.717) is 0 Å². The van der Waals surface area contributed by atoms with Gasteiger partial charge in [0.05, 0.1) is 0 Å². The van der Waals surface area contributed by atoms with E-state index >= 15 is 0 Å². The largest absolute Gasteiger partial charge is 0.312 e. The molecular formula is C17H33N3. The smallest absolute Gasteiger partial charge is 0.0235 e. The Hall–Kier alpha value is -0.120. The highest BCUT2D eigenvalue weighted by atomic mass is 15.3. The summed E-state index contributed by atoms with van der Waals surface area (Å²) in [6.45, 7) is 12.1. The molecule has 2 aliphatic carbocycles. The highest BCUT2D eigenvalue weighted by Crippen LogP contribution is 2.44. The SMILES string of the molecule is CCN(CC)C1CCN(CCNC(C2CC2)C2CC2)C1. The van der Waals surface area contributed by atoms with Gasteiger partial charge < -0.3 is 10.2 Å². The third kappa shape index (κ3) is 3.75. The number of hydrogen-bond donors (Lipinski definition) is 1. The first-order valence-corrected chi connectivity index (χ1v) is 9.01. The van der Waals surface area contributed by atoms with E-state index in [4.69, 9.17) is 0 Å². The van der Waals surface area contributed by atoms with E-state index < -0.39 is 0 Å². The van der Waals surface area contributed by atoms with Gasteiger partial charge in [0.25, 0.3) is 0 Å². The van der Waals surface area contributed by atoms with Crippen molar-refractivity contribution in [3.8, 4) is 0 Å². The first-order valence-electron chi connectivity index (χ1n) is 9.01. The summed E-state index contributed by atoms with van der Waals surface area (Å²) in [6, 6.07) is 1.68. The second-order valence-electron chi connectivity index (χ2n) is 7.12. The third-order valence-electron chi connectivity index (χ3n) is 5.64. The van der Waals surface area contributed by atoms with Crippen LogP contribution in [0.15, 0.2) is 0 Å². The lowest BCUT2D eigenvalue weighted by Crippen LogP contribution is -2.41. The van der Waals surface area contributed by atoms with E-state index in [1.807, 2.05) is 0 Å². The molecule has 3 rings (SSSR count). The average molecular weight is 279 g/mol. The topological polar surface area (TPSA) is 18.5 Å². The maximum absolute atomic E-state index is 3.89. The fourth-order valence-corrected chi connectivity index (χ4v) is 4.07. The molecule has 1 heterocycles. The summed E-state index contributed by atoms with van der Waals surface area (Å²) in [5.74, 6) is 2.06. The van der Waals surface area contributed by atoms with E-state index in [1.54, 1.807) is 0 Å². The molecule has 3 heteroatoms. The Morgan fingerprint density at radius 3 is 2.25 bits per heavy atom. The molecule has 0 aromatic rings. The highest BCUT2D eigenvalue weighted by Gasteiger charge is 2.41. The van der Waals surface area contributed by atoms with Gasteiger partial charge in [0.1, 0.15) is 0 Å². The lowest BCUT2D eigenvalue weighted by Gasteiger charge is -2.26. The first kappa shape index (κ1) is 14.8. The van der Waals surface area contributed by atoms with Gasteiger partial charge in [0.15, 0.2) is 0 Å². The van der Waals surface area contributed by atoms with Crippen LogP contribution in [-0.2, 0) is 0 Å². The summed E-state index contributed by atoms with van der Waals surface area (Å²) in [6.07, 6.45) is 7.32. The van der Waals surface area contributed by atoms with Gasteiger partial charge in [-0.25, -0.2) is 0 Å². The van der Waals surface area contributed by atoms with Crippen LogP contribution in [0.5, 0.6) is 0 Å². The van der Waals surface area contributed by atoms with Crippen molar-refractivity contribution in [3.05, 3.63) is 0 Å². The molecule has 1 N–H and O–H groups in total. The van der Waals surface area contributed by atoms with E-state index in [9.17, 15) is 0 Å². The Labute approximate surface area is 125 Å². The van der Waals surface area contributed by atoms with Gasteiger partial charge in [-0.3, -0.25) is 4.90 Å². The molecule has 116 valence electrons. The van der Waals surface area contributed by atoms with Crippen LogP contribution < -0.4 is 5.32 Å². The Morgan fingerprint density at radius 1 is 1.05 bits per heavy atom. The Bertz CT molecular complexity index is 283. The predicted molar refractivity (Wildman–Crippen MR) is 85.0 cm³/mol. The van der Waals surface area contributed by atoms with Gasteiger partial charge in [-0.05, 0) is 63.6 Å². The molecule has 1 unspecified atom stereocenters. The summed E-state index contributed by atoms with van der Waals surface area (Å²) in [5, 5.41) is 3.89. The molecule has 20 heavy (non-hydrogen) atoms. The first-order chi connectivity index (χ1) is 9.81. The average Bonchev–Trinajstić information content (AvgIpc) is 3.37. The van der Waals surface area contributed by atoms with E-state index in [1.165, 1.54) is 71.4 Å². The van der Waals surface area contributed by atoms with Crippen LogP contribution in [0, 0.1) is 11.8 Å². The molecule has 0 spiro atoms. The Balaban J connectivity index is 1.34. The molecule has 0 bridgehead atoms. The zero-order valence-corrected chi connectivity index (χ0v) is 13.5. The minimum atomic E-state index is 0.813. The van der Waals surface area contributed by atoms with Gasteiger partial charge in [0.2, 0.25) is 0 Å².